The van der Waals surface area contributed by atoms with Crippen molar-refractivity contribution in [2.75, 3.05) is 25.9 Å². The lowest BCUT2D eigenvalue weighted by Gasteiger charge is -2.31. The van der Waals surface area contributed by atoms with Crippen LogP contribution in [0, 0.1) is 0 Å². The molecule has 1 aromatic heterocycles. The molecule has 0 aliphatic heterocycles. The molecule has 5 heteroatoms. The van der Waals surface area contributed by atoms with Gasteiger partial charge < -0.3 is 16.0 Å². The summed E-state index contributed by atoms with van der Waals surface area (Å²) < 4.78 is 0. The molecule has 1 amide bonds. The number of carbonyl (C=O) groups is 1. The van der Waals surface area contributed by atoms with Gasteiger partial charge in [-0.3, -0.25) is 4.79 Å². The fourth-order valence-electron chi connectivity index (χ4n) is 2.82. The summed E-state index contributed by atoms with van der Waals surface area (Å²) in [5, 5.41) is 4.80. The Bertz CT molecular complexity index is 427. The summed E-state index contributed by atoms with van der Waals surface area (Å²) >= 11 is 1.40. The van der Waals surface area contributed by atoms with E-state index in [1.54, 1.807) is 6.07 Å². The number of nitrogens with zero attached hydrogens (tertiary/aromatic N) is 1. The monoisotopic (exact) mass is 295 g/mol. The summed E-state index contributed by atoms with van der Waals surface area (Å²) in [7, 11) is 2.20. The zero-order valence-corrected chi connectivity index (χ0v) is 13.0. The fraction of sp³-hybridized carbons (Fsp3) is 0.667. The minimum Gasteiger partial charge on any atom is -0.397 e. The van der Waals surface area contributed by atoms with Gasteiger partial charge in [-0.05, 0) is 44.3 Å². The van der Waals surface area contributed by atoms with Crippen molar-refractivity contribution in [2.24, 2.45) is 0 Å². The van der Waals surface area contributed by atoms with E-state index >= 15 is 0 Å². The second kappa shape index (κ2) is 7.64. The Hall–Kier alpha value is -1.07. The molecule has 0 spiro atoms. The normalized spacial score (nSPS) is 16.5. The highest BCUT2D eigenvalue weighted by molar-refractivity contribution is 7.12. The van der Waals surface area contributed by atoms with Crippen LogP contribution < -0.4 is 11.1 Å². The van der Waals surface area contributed by atoms with Crippen molar-refractivity contribution in [1.82, 2.24) is 10.2 Å². The van der Waals surface area contributed by atoms with Gasteiger partial charge in [-0.25, -0.2) is 0 Å². The number of thiophene rings is 1. The van der Waals surface area contributed by atoms with E-state index in [1.807, 2.05) is 5.38 Å². The van der Waals surface area contributed by atoms with E-state index < -0.39 is 0 Å². The number of nitrogen functional groups attached to an aromatic ring is 1. The van der Waals surface area contributed by atoms with Gasteiger partial charge in [0.05, 0.1) is 5.69 Å². The van der Waals surface area contributed by atoms with E-state index in [9.17, 15) is 4.79 Å². The van der Waals surface area contributed by atoms with Gasteiger partial charge in [0.1, 0.15) is 4.88 Å². The quantitative estimate of drug-likeness (QED) is 0.793. The molecule has 0 aromatic carbocycles. The fourth-order valence-corrected chi connectivity index (χ4v) is 3.55. The van der Waals surface area contributed by atoms with E-state index in [4.69, 9.17) is 5.73 Å². The highest BCUT2D eigenvalue weighted by atomic mass is 32.1. The predicted octanol–water partition coefficient (Wildman–Crippen LogP) is 2.71. The molecular weight excluding hydrogens is 270 g/mol. The van der Waals surface area contributed by atoms with Crippen LogP contribution in [0.15, 0.2) is 11.4 Å². The molecule has 0 unspecified atom stereocenters. The number of rotatable bonds is 6. The van der Waals surface area contributed by atoms with E-state index in [-0.39, 0.29) is 5.91 Å². The molecule has 1 fully saturated rings. The van der Waals surface area contributed by atoms with Crippen molar-refractivity contribution in [3.8, 4) is 0 Å². The van der Waals surface area contributed by atoms with Gasteiger partial charge in [-0.1, -0.05) is 19.3 Å². The molecule has 0 atom stereocenters. The first-order chi connectivity index (χ1) is 9.68. The number of hydrogen-bond donors (Lipinski definition) is 2. The van der Waals surface area contributed by atoms with Gasteiger partial charge >= 0.3 is 0 Å². The number of nitrogens with one attached hydrogen (secondary N) is 1. The van der Waals surface area contributed by atoms with Crippen molar-refractivity contribution in [2.45, 2.75) is 44.6 Å². The van der Waals surface area contributed by atoms with Crippen LogP contribution in [0.1, 0.15) is 48.2 Å². The van der Waals surface area contributed by atoms with Crippen LogP contribution >= 0.6 is 11.3 Å². The third kappa shape index (κ3) is 4.21. The first kappa shape index (κ1) is 15.3. The van der Waals surface area contributed by atoms with E-state index in [0.29, 0.717) is 17.1 Å². The minimum absolute atomic E-state index is 0.0437. The van der Waals surface area contributed by atoms with Crippen LogP contribution in [0.2, 0.25) is 0 Å². The zero-order valence-electron chi connectivity index (χ0n) is 12.2. The summed E-state index contributed by atoms with van der Waals surface area (Å²) in [5.74, 6) is -0.0437. The number of nitrogens with two attached hydrogens (primary N) is 1. The Morgan fingerprint density at radius 1 is 1.45 bits per heavy atom. The predicted molar refractivity (Wildman–Crippen MR) is 85.2 cm³/mol. The second-order valence-corrected chi connectivity index (χ2v) is 6.50. The van der Waals surface area contributed by atoms with Crippen LogP contribution in [0.4, 0.5) is 5.69 Å². The van der Waals surface area contributed by atoms with Crippen molar-refractivity contribution >= 4 is 22.9 Å². The molecule has 3 N–H and O–H groups in total. The Morgan fingerprint density at radius 3 is 2.85 bits per heavy atom. The van der Waals surface area contributed by atoms with Crippen LogP contribution in [-0.2, 0) is 0 Å². The van der Waals surface area contributed by atoms with Crippen molar-refractivity contribution in [3.05, 3.63) is 16.3 Å². The summed E-state index contributed by atoms with van der Waals surface area (Å²) in [6.45, 7) is 1.76. The molecule has 0 bridgehead atoms. The number of amides is 1. The molecule has 1 heterocycles. The van der Waals surface area contributed by atoms with Crippen LogP contribution in [0.25, 0.3) is 0 Å². The lowest BCUT2D eigenvalue weighted by atomic mass is 9.94. The SMILES string of the molecule is CN(CCCNC(=O)c1sccc1N)C1CCCCC1. The van der Waals surface area contributed by atoms with Gasteiger partial charge in [0.15, 0.2) is 0 Å². The minimum atomic E-state index is -0.0437. The van der Waals surface area contributed by atoms with E-state index in [0.717, 1.165) is 19.0 Å². The van der Waals surface area contributed by atoms with Gasteiger partial charge in [-0.15, -0.1) is 11.3 Å². The smallest absolute Gasteiger partial charge is 0.263 e. The molecule has 20 heavy (non-hydrogen) atoms. The van der Waals surface area contributed by atoms with Crippen LogP contribution in [0.3, 0.4) is 0 Å². The van der Waals surface area contributed by atoms with Crippen molar-refractivity contribution < 1.29 is 4.79 Å². The lowest BCUT2D eigenvalue weighted by molar-refractivity contribution is 0.0955. The van der Waals surface area contributed by atoms with Crippen LogP contribution in [-0.4, -0.2) is 37.0 Å². The third-order valence-corrected chi connectivity index (χ3v) is 5.00. The molecule has 4 nitrogen and oxygen atoms in total. The van der Waals surface area contributed by atoms with Gasteiger partial charge in [-0.2, -0.15) is 0 Å². The average Bonchev–Trinajstić information content (AvgIpc) is 2.90. The molecule has 112 valence electrons. The summed E-state index contributed by atoms with van der Waals surface area (Å²) in [5.41, 5.74) is 6.31. The maximum atomic E-state index is 11.9. The molecule has 0 radical (unpaired) electrons. The van der Waals surface area contributed by atoms with Crippen molar-refractivity contribution in [1.29, 1.82) is 0 Å². The molecule has 2 rings (SSSR count). The van der Waals surface area contributed by atoms with E-state index in [1.165, 1.54) is 43.4 Å². The maximum absolute atomic E-state index is 11.9. The number of carbonyl (C=O) groups excluding carboxylic acids is 1. The standard InChI is InChI=1S/C15H25N3OS/c1-18(12-6-3-2-4-7-12)10-5-9-17-15(19)14-13(16)8-11-20-14/h8,11-12H,2-7,9-10,16H2,1H3,(H,17,19). The highest BCUT2D eigenvalue weighted by Crippen LogP contribution is 2.21. The summed E-state index contributed by atoms with van der Waals surface area (Å²) in [4.78, 5) is 15.0. The van der Waals surface area contributed by atoms with Gasteiger partial charge in [0.25, 0.3) is 5.91 Å². The molecular formula is C15H25N3OS. The second-order valence-electron chi connectivity index (χ2n) is 5.59. The first-order valence-corrected chi connectivity index (χ1v) is 8.38. The van der Waals surface area contributed by atoms with E-state index in [2.05, 4.69) is 17.3 Å². The summed E-state index contributed by atoms with van der Waals surface area (Å²) in [6.07, 6.45) is 7.77. The topological polar surface area (TPSA) is 58.4 Å². The molecule has 1 saturated carbocycles. The van der Waals surface area contributed by atoms with Crippen LogP contribution in [0.5, 0.6) is 0 Å². The zero-order chi connectivity index (χ0) is 14.4. The summed E-state index contributed by atoms with van der Waals surface area (Å²) in [6, 6.07) is 2.52. The Morgan fingerprint density at radius 2 is 2.20 bits per heavy atom. The largest absolute Gasteiger partial charge is 0.397 e. The van der Waals surface area contributed by atoms with Crippen molar-refractivity contribution in [3.63, 3.8) is 0 Å². The Kier molecular flexibility index (Phi) is 5.86. The maximum Gasteiger partial charge on any atom is 0.263 e. The lowest BCUT2D eigenvalue weighted by Crippen LogP contribution is -2.35. The molecule has 1 aromatic rings. The third-order valence-electron chi connectivity index (χ3n) is 4.07. The molecule has 1 aliphatic carbocycles. The molecule has 0 saturated heterocycles. The molecule has 1 aliphatic rings. The number of anilines is 1. The number of hydrogen-bond acceptors (Lipinski definition) is 4. The first-order valence-electron chi connectivity index (χ1n) is 7.50. The Labute approximate surface area is 125 Å². The average molecular weight is 295 g/mol. The highest BCUT2D eigenvalue weighted by Gasteiger charge is 2.17. The van der Waals surface area contributed by atoms with Gasteiger partial charge in [0, 0.05) is 12.6 Å². The Balaban J connectivity index is 1.63. The van der Waals surface area contributed by atoms with Gasteiger partial charge in [0.2, 0.25) is 0 Å².